The van der Waals surface area contributed by atoms with Crippen LogP contribution in [0.5, 0.6) is 0 Å². The summed E-state index contributed by atoms with van der Waals surface area (Å²) in [5, 5.41) is 3.92. The smallest absolute Gasteiger partial charge is 0.243 e. The van der Waals surface area contributed by atoms with Crippen LogP contribution in [-0.4, -0.2) is 31.9 Å². The second kappa shape index (κ2) is 6.24. The fourth-order valence-corrected chi connectivity index (χ4v) is 4.48. The van der Waals surface area contributed by atoms with Gasteiger partial charge in [-0.3, -0.25) is 0 Å². The highest BCUT2D eigenvalue weighted by Gasteiger charge is 2.26. The Hall–Kier alpha value is -0.620. The standard InChI is InChI=1S/C15H21ClN2O2S/c16-15-10-14(7-4-12(15)11-17-13-5-6-13)21(19,20)18-8-2-1-3-9-18/h4,7,10,13,17H,1-3,5-6,8-9,11H2. The Kier molecular flexibility index (Phi) is 4.54. The van der Waals surface area contributed by atoms with Gasteiger partial charge in [0, 0.05) is 30.7 Å². The monoisotopic (exact) mass is 328 g/mol. The van der Waals surface area contributed by atoms with Gasteiger partial charge in [-0.1, -0.05) is 24.1 Å². The van der Waals surface area contributed by atoms with Gasteiger partial charge >= 0.3 is 0 Å². The van der Waals surface area contributed by atoms with Crippen molar-refractivity contribution in [2.24, 2.45) is 0 Å². The van der Waals surface area contributed by atoms with E-state index in [1.165, 1.54) is 12.8 Å². The van der Waals surface area contributed by atoms with Gasteiger partial charge in [0.25, 0.3) is 0 Å². The van der Waals surface area contributed by atoms with Crippen LogP contribution in [-0.2, 0) is 16.6 Å². The summed E-state index contributed by atoms with van der Waals surface area (Å²) >= 11 is 6.26. The van der Waals surface area contributed by atoms with Crippen LogP contribution < -0.4 is 5.32 Å². The summed E-state index contributed by atoms with van der Waals surface area (Å²) in [4.78, 5) is 0.310. The summed E-state index contributed by atoms with van der Waals surface area (Å²) in [6.07, 6.45) is 5.43. The van der Waals surface area contributed by atoms with Gasteiger partial charge in [0.15, 0.2) is 0 Å². The SMILES string of the molecule is O=S(=O)(c1ccc(CNC2CC2)c(Cl)c1)N1CCCCC1. The van der Waals surface area contributed by atoms with E-state index < -0.39 is 10.0 Å². The van der Waals surface area contributed by atoms with Gasteiger partial charge in [-0.05, 0) is 43.4 Å². The Bertz CT molecular complexity index is 608. The second-order valence-corrected chi connectivity index (χ2v) is 8.22. The molecule has 1 N–H and O–H groups in total. The normalized spacial score (nSPS) is 20.6. The number of hydrogen-bond acceptors (Lipinski definition) is 3. The maximum atomic E-state index is 12.6. The number of piperidine rings is 1. The summed E-state index contributed by atoms with van der Waals surface area (Å²) in [6.45, 7) is 1.93. The van der Waals surface area contributed by atoms with Gasteiger partial charge in [0.05, 0.1) is 4.90 Å². The number of rotatable bonds is 5. The molecule has 1 aliphatic heterocycles. The van der Waals surface area contributed by atoms with Gasteiger partial charge in [-0.2, -0.15) is 4.31 Å². The largest absolute Gasteiger partial charge is 0.310 e. The molecule has 0 atom stereocenters. The van der Waals surface area contributed by atoms with Gasteiger partial charge < -0.3 is 5.32 Å². The van der Waals surface area contributed by atoms with E-state index in [9.17, 15) is 8.42 Å². The first-order valence-electron chi connectivity index (χ1n) is 7.59. The van der Waals surface area contributed by atoms with Crippen molar-refractivity contribution >= 4 is 21.6 Å². The third-order valence-electron chi connectivity index (χ3n) is 4.14. The first-order chi connectivity index (χ1) is 10.1. The maximum Gasteiger partial charge on any atom is 0.243 e. The fraction of sp³-hybridized carbons (Fsp3) is 0.600. The van der Waals surface area contributed by atoms with Crippen molar-refractivity contribution in [3.63, 3.8) is 0 Å². The Labute approximate surface area is 131 Å². The van der Waals surface area contributed by atoms with Crippen LogP contribution in [0.2, 0.25) is 5.02 Å². The van der Waals surface area contributed by atoms with Crippen LogP contribution in [0.15, 0.2) is 23.1 Å². The fourth-order valence-electron chi connectivity index (χ4n) is 2.63. The molecular weight excluding hydrogens is 308 g/mol. The van der Waals surface area contributed by atoms with Gasteiger partial charge in [0.2, 0.25) is 10.0 Å². The van der Waals surface area contributed by atoms with Crippen LogP contribution in [0.4, 0.5) is 0 Å². The summed E-state index contributed by atoms with van der Waals surface area (Å²) < 4.78 is 26.7. The average molecular weight is 329 g/mol. The van der Waals surface area contributed by atoms with Crippen molar-refractivity contribution in [3.05, 3.63) is 28.8 Å². The number of hydrogen-bond donors (Lipinski definition) is 1. The lowest BCUT2D eigenvalue weighted by Crippen LogP contribution is -2.35. The summed E-state index contributed by atoms with van der Waals surface area (Å²) in [5.74, 6) is 0. The number of halogens is 1. The Morgan fingerprint density at radius 3 is 2.52 bits per heavy atom. The van der Waals surface area contributed by atoms with E-state index in [1.807, 2.05) is 6.07 Å². The topological polar surface area (TPSA) is 49.4 Å². The van der Waals surface area contributed by atoms with E-state index in [1.54, 1.807) is 16.4 Å². The zero-order valence-electron chi connectivity index (χ0n) is 12.0. The Morgan fingerprint density at radius 2 is 1.90 bits per heavy atom. The highest BCUT2D eigenvalue weighted by molar-refractivity contribution is 7.89. The van der Waals surface area contributed by atoms with E-state index in [-0.39, 0.29) is 0 Å². The number of benzene rings is 1. The molecule has 2 fully saturated rings. The molecule has 116 valence electrons. The highest BCUT2D eigenvalue weighted by atomic mass is 35.5. The molecule has 1 aromatic rings. The van der Waals surface area contributed by atoms with Gasteiger partial charge in [0.1, 0.15) is 0 Å². The van der Waals surface area contributed by atoms with E-state index in [0.717, 1.165) is 24.8 Å². The predicted octanol–water partition coefficient (Wildman–Crippen LogP) is 2.77. The summed E-state index contributed by atoms with van der Waals surface area (Å²) in [6, 6.07) is 5.71. The van der Waals surface area contributed by atoms with E-state index >= 15 is 0 Å². The molecular formula is C15H21ClN2O2S. The van der Waals surface area contributed by atoms with Crippen molar-refractivity contribution in [1.82, 2.24) is 9.62 Å². The molecule has 0 bridgehead atoms. The van der Waals surface area contributed by atoms with Crippen molar-refractivity contribution in [2.45, 2.75) is 49.6 Å². The van der Waals surface area contributed by atoms with Crippen LogP contribution in [0.25, 0.3) is 0 Å². The molecule has 1 aromatic carbocycles. The zero-order chi connectivity index (χ0) is 14.9. The van der Waals surface area contributed by atoms with Crippen molar-refractivity contribution < 1.29 is 8.42 Å². The van der Waals surface area contributed by atoms with Crippen LogP contribution in [0.3, 0.4) is 0 Å². The molecule has 1 heterocycles. The lowest BCUT2D eigenvalue weighted by molar-refractivity contribution is 0.346. The molecule has 1 saturated heterocycles. The van der Waals surface area contributed by atoms with Crippen LogP contribution >= 0.6 is 11.6 Å². The molecule has 0 aromatic heterocycles. The molecule has 0 unspecified atom stereocenters. The van der Waals surface area contributed by atoms with Crippen LogP contribution in [0, 0.1) is 0 Å². The molecule has 0 radical (unpaired) electrons. The van der Waals surface area contributed by atoms with Gasteiger partial charge in [-0.15, -0.1) is 0 Å². The molecule has 0 amide bonds. The Balaban J connectivity index is 1.76. The minimum absolute atomic E-state index is 0.310. The molecule has 6 heteroatoms. The third-order valence-corrected chi connectivity index (χ3v) is 6.38. The molecule has 1 aliphatic carbocycles. The lowest BCUT2D eigenvalue weighted by Gasteiger charge is -2.26. The summed E-state index contributed by atoms with van der Waals surface area (Å²) in [5.41, 5.74) is 0.959. The van der Waals surface area contributed by atoms with Crippen molar-refractivity contribution in [1.29, 1.82) is 0 Å². The second-order valence-electron chi connectivity index (χ2n) is 5.87. The zero-order valence-corrected chi connectivity index (χ0v) is 13.6. The summed E-state index contributed by atoms with van der Waals surface area (Å²) in [7, 11) is -3.39. The maximum absolute atomic E-state index is 12.6. The van der Waals surface area contributed by atoms with E-state index in [0.29, 0.717) is 35.6 Å². The Morgan fingerprint density at radius 1 is 1.19 bits per heavy atom. The molecule has 4 nitrogen and oxygen atoms in total. The number of nitrogens with one attached hydrogen (secondary N) is 1. The minimum Gasteiger partial charge on any atom is -0.310 e. The lowest BCUT2D eigenvalue weighted by atomic mass is 10.2. The van der Waals surface area contributed by atoms with E-state index in [4.69, 9.17) is 11.6 Å². The predicted molar refractivity (Wildman–Crippen MR) is 83.9 cm³/mol. The molecule has 1 saturated carbocycles. The average Bonchev–Trinajstić information content (AvgIpc) is 3.31. The minimum atomic E-state index is -3.39. The third kappa shape index (κ3) is 3.59. The number of sulfonamides is 1. The quantitative estimate of drug-likeness (QED) is 0.904. The first-order valence-corrected chi connectivity index (χ1v) is 9.41. The van der Waals surface area contributed by atoms with Crippen molar-refractivity contribution in [2.75, 3.05) is 13.1 Å². The number of nitrogens with zero attached hydrogens (tertiary/aromatic N) is 1. The van der Waals surface area contributed by atoms with Crippen molar-refractivity contribution in [3.8, 4) is 0 Å². The van der Waals surface area contributed by atoms with Gasteiger partial charge in [-0.25, -0.2) is 8.42 Å². The van der Waals surface area contributed by atoms with Crippen LogP contribution in [0.1, 0.15) is 37.7 Å². The first kappa shape index (κ1) is 15.3. The highest BCUT2D eigenvalue weighted by Crippen LogP contribution is 2.26. The molecule has 21 heavy (non-hydrogen) atoms. The molecule has 2 aliphatic rings. The molecule has 3 rings (SSSR count). The molecule has 0 spiro atoms. The van der Waals surface area contributed by atoms with E-state index in [2.05, 4.69) is 5.32 Å².